The van der Waals surface area contributed by atoms with Crippen LogP contribution in [0.4, 0.5) is 8.78 Å². The molecule has 36 heavy (non-hydrogen) atoms. The second-order valence-electron chi connectivity index (χ2n) is 7.98. The third-order valence-electron chi connectivity index (χ3n) is 5.48. The van der Waals surface area contributed by atoms with Gasteiger partial charge < -0.3 is 9.64 Å². The lowest BCUT2D eigenvalue weighted by molar-refractivity contribution is -0.139. The Balaban J connectivity index is 0.000000246. The summed E-state index contributed by atoms with van der Waals surface area (Å²) in [6.45, 7) is 1.66. The van der Waals surface area contributed by atoms with Gasteiger partial charge in [-0.3, -0.25) is 14.3 Å². The largest absolute Gasteiger partial charge is 0.496 e. The van der Waals surface area contributed by atoms with Crippen molar-refractivity contribution in [3.8, 4) is 29.4 Å². The van der Waals surface area contributed by atoms with Crippen LogP contribution in [0.1, 0.15) is 24.3 Å². The van der Waals surface area contributed by atoms with Gasteiger partial charge in [0, 0.05) is 25.6 Å². The molecule has 0 N–H and O–H groups in total. The average molecular weight is 495 g/mol. The quantitative estimate of drug-likeness (QED) is 0.313. The highest BCUT2D eigenvalue weighted by Gasteiger charge is 2.30. The van der Waals surface area contributed by atoms with E-state index in [0.717, 1.165) is 0 Å². The maximum Gasteiger partial charge on any atom is 0.244 e. The number of amides is 1. The van der Waals surface area contributed by atoms with Crippen molar-refractivity contribution in [2.75, 3.05) is 20.2 Å². The van der Waals surface area contributed by atoms with Gasteiger partial charge in [0.1, 0.15) is 30.0 Å². The van der Waals surface area contributed by atoms with Crippen LogP contribution in [0, 0.1) is 18.2 Å². The molecular weight excluding hydrogens is 470 g/mol. The predicted molar refractivity (Wildman–Crippen MR) is 129 cm³/mol. The number of methoxy groups -OCH3 is 1. The highest BCUT2D eigenvalue weighted by molar-refractivity contribution is 5.99. The van der Waals surface area contributed by atoms with E-state index in [9.17, 15) is 18.4 Å². The number of terminal acetylenes is 1. The Morgan fingerprint density at radius 2 is 2.11 bits per heavy atom. The lowest BCUT2D eigenvalue weighted by Gasteiger charge is -2.34. The predicted octanol–water partition coefficient (Wildman–Crippen LogP) is 3.04. The van der Waals surface area contributed by atoms with Crippen molar-refractivity contribution in [2.24, 2.45) is 0 Å². The Hall–Kier alpha value is -4.59. The van der Waals surface area contributed by atoms with Gasteiger partial charge in [-0.1, -0.05) is 5.92 Å². The molecule has 0 unspecified atom stereocenters. The van der Waals surface area contributed by atoms with Gasteiger partial charge in [-0.15, -0.1) is 6.42 Å². The van der Waals surface area contributed by atoms with E-state index in [-0.39, 0.29) is 32.8 Å². The molecule has 0 aliphatic carbocycles. The Bertz CT molecular complexity index is 1470. The fraction of sp³-hybridized carbons (Fsp3) is 0.240. The van der Waals surface area contributed by atoms with Gasteiger partial charge in [-0.25, -0.2) is 18.3 Å². The molecule has 4 aromatic rings. The molecule has 1 saturated heterocycles. The fourth-order valence-corrected chi connectivity index (χ4v) is 3.61. The normalized spacial score (nSPS) is 12.9. The molecule has 3 aromatic heterocycles. The number of ether oxygens (including phenoxy) is 1. The summed E-state index contributed by atoms with van der Waals surface area (Å²) in [6.07, 6.45) is 11.0. The number of ketones is 1. The van der Waals surface area contributed by atoms with Crippen LogP contribution in [0.2, 0.25) is 0 Å². The number of Topliss-reactive ketones (excluding diaryl/α,β-unsaturated/α-hetero) is 1. The molecule has 0 spiro atoms. The van der Waals surface area contributed by atoms with E-state index in [1.54, 1.807) is 23.0 Å². The van der Waals surface area contributed by atoms with Gasteiger partial charge >= 0.3 is 0 Å². The van der Waals surface area contributed by atoms with Crippen LogP contribution in [-0.2, 0) is 11.3 Å². The standard InChI is InChI=1S/C17H15F2N3O2.C8H7N3O.H2/c1-3-11-7-22(10-16(23)21-8-13(19)9-21)20-17(11)14-6-12(18)4-5-15(14)24-2;1-6(12)7-5-10-11-4-2-3-9-8(7)11;/h1,4-7,13H,8-10H2,2H3;2-5H,1H3;1H. The van der Waals surface area contributed by atoms with Crippen LogP contribution in [0.15, 0.2) is 49.1 Å². The summed E-state index contributed by atoms with van der Waals surface area (Å²) >= 11 is 0. The summed E-state index contributed by atoms with van der Waals surface area (Å²) in [5.41, 5.74) is 2.36. The Morgan fingerprint density at radius 3 is 2.78 bits per heavy atom. The minimum absolute atomic E-state index is 0. The zero-order valence-corrected chi connectivity index (χ0v) is 19.6. The third kappa shape index (κ3) is 5.07. The molecule has 11 heteroatoms. The van der Waals surface area contributed by atoms with Crippen LogP contribution < -0.4 is 4.74 Å². The summed E-state index contributed by atoms with van der Waals surface area (Å²) in [5.74, 6) is 2.20. The highest BCUT2D eigenvalue weighted by atomic mass is 19.1. The van der Waals surface area contributed by atoms with E-state index in [1.165, 1.54) is 54.2 Å². The number of likely N-dealkylation sites (tertiary alicyclic amines) is 1. The van der Waals surface area contributed by atoms with Crippen molar-refractivity contribution >= 4 is 17.3 Å². The number of hydrogen-bond donors (Lipinski definition) is 0. The first-order valence-corrected chi connectivity index (χ1v) is 10.9. The van der Waals surface area contributed by atoms with Crippen molar-refractivity contribution in [1.29, 1.82) is 0 Å². The van der Waals surface area contributed by atoms with E-state index in [0.29, 0.717) is 33.8 Å². The van der Waals surface area contributed by atoms with Crippen molar-refractivity contribution in [3.05, 3.63) is 66.0 Å². The molecule has 0 atom stereocenters. The molecule has 0 radical (unpaired) electrons. The van der Waals surface area contributed by atoms with Crippen molar-refractivity contribution in [3.63, 3.8) is 0 Å². The number of halogens is 2. The van der Waals surface area contributed by atoms with Crippen LogP contribution in [0.3, 0.4) is 0 Å². The number of rotatable bonds is 5. The molecule has 5 rings (SSSR count). The Labute approximate surface area is 206 Å². The van der Waals surface area contributed by atoms with Crippen molar-refractivity contribution < 1.29 is 24.5 Å². The number of fused-ring (bicyclic) bond motifs is 1. The number of aromatic nitrogens is 5. The van der Waals surface area contributed by atoms with Crippen LogP contribution in [0.25, 0.3) is 16.9 Å². The number of hydrogen-bond acceptors (Lipinski definition) is 6. The van der Waals surface area contributed by atoms with Crippen molar-refractivity contribution in [1.82, 2.24) is 29.3 Å². The molecule has 0 bridgehead atoms. The number of carbonyl (C=O) groups is 2. The van der Waals surface area contributed by atoms with Gasteiger partial charge in [0.2, 0.25) is 5.91 Å². The summed E-state index contributed by atoms with van der Waals surface area (Å²) in [5, 5.41) is 8.26. The maximum absolute atomic E-state index is 13.6. The van der Waals surface area contributed by atoms with E-state index in [4.69, 9.17) is 11.2 Å². The van der Waals surface area contributed by atoms with Gasteiger partial charge in [0.25, 0.3) is 0 Å². The zero-order valence-electron chi connectivity index (χ0n) is 19.6. The van der Waals surface area contributed by atoms with Gasteiger partial charge in [0.05, 0.1) is 37.5 Å². The topological polar surface area (TPSA) is 94.6 Å². The van der Waals surface area contributed by atoms with Crippen LogP contribution >= 0.6 is 0 Å². The van der Waals surface area contributed by atoms with Crippen LogP contribution in [0.5, 0.6) is 5.75 Å². The van der Waals surface area contributed by atoms with Crippen molar-refractivity contribution in [2.45, 2.75) is 19.6 Å². The lowest BCUT2D eigenvalue weighted by Crippen LogP contribution is -2.52. The number of alkyl halides is 1. The Kier molecular flexibility index (Phi) is 7.05. The maximum atomic E-state index is 13.6. The minimum atomic E-state index is -0.958. The number of nitrogens with zero attached hydrogens (tertiary/aromatic N) is 6. The van der Waals surface area contributed by atoms with Gasteiger partial charge in [-0.2, -0.15) is 10.2 Å². The molecule has 1 aliphatic rings. The molecule has 1 aromatic carbocycles. The summed E-state index contributed by atoms with van der Waals surface area (Å²) in [6, 6.07) is 5.80. The molecule has 0 saturated carbocycles. The second kappa shape index (κ2) is 10.4. The summed E-state index contributed by atoms with van der Waals surface area (Å²) in [7, 11) is 1.46. The number of benzene rings is 1. The third-order valence-corrected chi connectivity index (χ3v) is 5.48. The van der Waals surface area contributed by atoms with E-state index in [2.05, 4.69) is 21.1 Å². The summed E-state index contributed by atoms with van der Waals surface area (Å²) in [4.78, 5) is 28.5. The molecule has 1 amide bonds. The molecule has 1 fully saturated rings. The molecule has 9 nitrogen and oxygen atoms in total. The average Bonchev–Trinajstić information content (AvgIpc) is 3.46. The first-order chi connectivity index (χ1) is 17.3. The van der Waals surface area contributed by atoms with Gasteiger partial charge in [-0.05, 0) is 31.2 Å². The Morgan fingerprint density at radius 1 is 1.33 bits per heavy atom. The fourth-order valence-electron chi connectivity index (χ4n) is 3.61. The highest BCUT2D eigenvalue weighted by Crippen LogP contribution is 2.31. The molecule has 186 valence electrons. The molecular formula is C25H24F2N6O3. The molecule has 1 aliphatic heterocycles. The van der Waals surface area contributed by atoms with E-state index in [1.807, 2.05) is 0 Å². The zero-order chi connectivity index (χ0) is 25.8. The monoisotopic (exact) mass is 494 g/mol. The minimum Gasteiger partial charge on any atom is -0.496 e. The van der Waals surface area contributed by atoms with Gasteiger partial charge in [0.15, 0.2) is 11.4 Å². The summed E-state index contributed by atoms with van der Waals surface area (Å²) < 4.78 is 34.6. The van der Waals surface area contributed by atoms with E-state index < -0.39 is 12.0 Å². The number of carbonyl (C=O) groups excluding carboxylic acids is 2. The van der Waals surface area contributed by atoms with Crippen LogP contribution in [-0.4, -0.2) is 67.3 Å². The first kappa shape index (κ1) is 24.5. The first-order valence-electron chi connectivity index (χ1n) is 10.9. The smallest absolute Gasteiger partial charge is 0.244 e. The SMILES string of the molecule is C#Cc1cn(CC(=O)N2CC(F)C2)nc1-c1cc(F)ccc1OC.CC(=O)c1cnn2cccnc12.[HH]. The van der Waals surface area contributed by atoms with E-state index >= 15 is 0 Å². The second-order valence-corrected chi connectivity index (χ2v) is 7.98. The molecule has 4 heterocycles. The lowest BCUT2D eigenvalue weighted by atomic mass is 10.1.